The summed E-state index contributed by atoms with van der Waals surface area (Å²) >= 11 is 9.53. The lowest BCUT2D eigenvalue weighted by Crippen LogP contribution is -2.31. The van der Waals surface area contributed by atoms with Crippen LogP contribution >= 0.6 is 27.5 Å². The maximum atomic E-state index is 13.5. The fourth-order valence-corrected chi connectivity index (χ4v) is 4.49. The zero-order valence-electron chi connectivity index (χ0n) is 16.7. The highest BCUT2D eigenvalue weighted by Crippen LogP contribution is 2.43. The summed E-state index contributed by atoms with van der Waals surface area (Å²) in [7, 11) is 1.41. The number of halogens is 2. The molecule has 1 atom stereocenters. The van der Waals surface area contributed by atoms with Crippen LogP contribution in [-0.4, -0.2) is 41.3 Å². The van der Waals surface area contributed by atoms with Gasteiger partial charge in [0.1, 0.15) is 5.58 Å². The number of nitrogens with zero attached hydrogens (tertiary/aromatic N) is 1. The van der Waals surface area contributed by atoms with Gasteiger partial charge in [-0.1, -0.05) is 11.6 Å². The number of hydrogen-bond acceptors (Lipinski definition) is 6. The monoisotopic (exact) mass is 507 g/mol. The van der Waals surface area contributed by atoms with Crippen molar-refractivity contribution in [2.75, 3.05) is 20.3 Å². The zero-order chi connectivity index (χ0) is 22.4. The first-order valence-corrected chi connectivity index (χ1v) is 10.7. The number of carbonyl (C=O) groups excluding carboxylic acids is 1. The second kappa shape index (κ2) is 8.18. The second-order valence-electron chi connectivity index (χ2n) is 7.30. The first-order chi connectivity index (χ1) is 14.8. The molecule has 31 heavy (non-hydrogen) atoms. The Bertz CT molecular complexity index is 1270. The molecule has 9 heteroatoms. The predicted octanol–water partition coefficient (Wildman–Crippen LogP) is 4.16. The van der Waals surface area contributed by atoms with E-state index in [2.05, 4.69) is 15.9 Å². The van der Waals surface area contributed by atoms with Gasteiger partial charge >= 0.3 is 0 Å². The molecule has 2 heterocycles. The highest BCUT2D eigenvalue weighted by molar-refractivity contribution is 9.10. The van der Waals surface area contributed by atoms with E-state index in [9.17, 15) is 19.8 Å². The van der Waals surface area contributed by atoms with Gasteiger partial charge in [-0.15, -0.1) is 0 Å². The summed E-state index contributed by atoms with van der Waals surface area (Å²) in [6.07, 6.45) is 0.325. The van der Waals surface area contributed by atoms with E-state index in [4.69, 9.17) is 20.8 Å². The molecule has 1 aliphatic heterocycles. The van der Waals surface area contributed by atoms with Gasteiger partial charge in [-0.25, -0.2) is 0 Å². The Morgan fingerprint density at radius 1 is 1.26 bits per heavy atom. The fraction of sp³-hybridized carbons (Fsp3) is 0.273. The summed E-state index contributed by atoms with van der Waals surface area (Å²) in [4.78, 5) is 28.2. The minimum Gasteiger partial charge on any atom is -0.503 e. The minimum atomic E-state index is -0.777. The standard InChI is InChI=1S/C22H19BrClNO6/c1-10-6-15-12(9-14(10)24)19(27)17-18(11-7-13(23)20(28)16(8-11)30-2)25(4-3-5-26)22(29)21(17)31-15/h6-9,18,26,28H,3-5H2,1-2H3/t18-/m0/s1. The molecule has 1 aromatic heterocycles. The quantitative estimate of drug-likeness (QED) is 0.537. The van der Waals surface area contributed by atoms with Crippen LogP contribution < -0.4 is 10.2 Å². The van der Waals surface area contributed by atoms with Crippen molar-refractivity contribution in [2.45, 2.75) is 19.4 Å². The van der Waals surface area contributed by atoms with Crippen LogP contribution in [0.2, 0.25) is 5.02 Å². The van der Waals surface area contributed by atoms with E-state index >= 15 is 0 Å². The van der Waals surface area contributed by atoms with Crippen LogP contribution in [0.25, 0.3) is 11.0 Å². The van der Waals surface area contributed by atoms with Crippen LogP contribution in [0.4, 0.5) is 0 Å². The number of fused-ring (bicyclic) bond motifs is 2. The average Bonchev–Trinajstić information content (AvgIpc) is 3.02. The number of aryl methyl sites for hydroxylation is 1. The third-order valence-electron chi connectivity index (χ3n) is 5.39. The lowest BCUT2D eigenvalue weighted by atomic mass is 9.97. The van der Waals surface area contributed by atoms with Crippen molar-refractivity contribution in [1.29, 1.82) is 0 Å². The number of ether oxygens (including phenoxy) is 1. The Morgan fingerprint density at radius 2 is 2.00 bits per heavy atom. The summed E-state index contributed by atoms with van der Waals surface area (Å²) in [6, 6.07) is 5.61. The van der Waals surface area contributed by atoms with Crippen molar-refractivity contribution in [3.05, 3.63) is 66.4 Å². The fourth-order valence-electron chi connectivity index (χ4n) is 3.87. The highest BCUT2D eigenvalue weighted by Gasteiger charge is 2.43. The third-order valence-corrected chi connectivity index (χ3v) is 6.40. The maximum absolute atomic E-state index is 13.5. The molecule has 0 spiro atoms. The summed E-state index contributed by atoms with van der Waals surface area (Å²) in [5, 5.41) is 20.2. The number of benzene rings is 2. The summed E-state index contributed by atoms with van der Waals surface area (Å²) < 4.78 is 11.5. The van der Waals surface area contributed by atoms with Crippen molar-refractivity contribution >= 4 is 44.4 Å². The molecule has 162 valence electrons. The van der Waals surface area contributed by atoms with Crippen LogP contribution in [0, 0.1) is 6.92 Å². The smallest absolute Gasteiger partial charge is 0.290 e. The first kappa shape index (κ1) is 21.7. The van der Waals surface area contributed by atoms with Crippen molar-refractivity contribution in [3.63, 3.8) is 0 Å². The van der Waals surface area contributed by atoms with Crippen LogP contribution in [0.3, 0.4) is 0 Å². The van der Waals surface area contributed by atoms with Crippen molar-refractivity contribution in [1.82, 2.24) is 4.90 Å². The molecule has 0 unspecified atom stereocenters. The lowest BCUT2D eigenvalue weighted by Gasteiger charge is -2.25. The summed E-state index contributed by atoms with van der Waals surface area (Å²) in [5.41, 5.74) is 1.40. The number of hydrogen-bond donors (Lipinski definition) is 2. The van der Waals surface area contributed by atoms with Gasteiger partial charge in [0.15, 0.2) is 16.9 Å². The molecule has 2 N–H and O–H groups in total. The number of aliphatic hydroxyl groups is 1. The molecule has 2 aromatic carbocycles. The molecule has 0 fully saturated rings. The molecular weight excluding hydrogens is 490 g/mol. The number of methoxy groups -OCH3 is 1. The Balaban J connectivity index is 2.01. The zero-order valence-corrected chi connectivity index (χ0v) is 19.1. The van der Waals surface area contributed by atoms with Crippen molar-refractivity contribution in [3.8, 4) is 11.5 Å². The van der Waals surface area contributed by atoms with Crippen LogP contribution in [0.1, 0.15) is 39.7 Å². The van der Waals surface area contributed by atoms with Gasteiger partial charge < -0.3 is 24.3 Å². The molecule has 1 amide bonds. The van der Waals surface area contributed by atoms with Gasteiger partial charge in [-0.05, 0) is 64.7 Å². The first-order valence-electron chi connectivity index (χ1n) is 9.53. The van der Waals surface area contributed by atoms with E-state index < -0.39 is 11.9 Å². The van der Waals surface area contributed by atoms with Gasteiger partial charge in [-0.2, -0.15) is 0 Å². The SMILES string of the molecule is COc1cc([C@H]2c3c(oc4cc(C)c(Cl)cc4c3=O)C(=O)N2CCCO)cc(Br)c1O. The van der Waals surface area contributed by atoms with Crippen LogP contribution in [0.15, 0.2) is 37.9 Å². The van der Waals surface area contributed by atoms with E-state index in [1.807, 2.05) is 0 Å². The Kier molecular flexibility index (Phi) is 5.72. The summed E-state index contributed by atoms with van der Waals surface area (Å²) in [6.45, 7) is 1.88. The maximum Gasteiger partial charge on any atom is 0.290 e. The van der Waals surface area contributed by atoms with E-state index in [1.54, 1.807) is 31.2 Å². The lowest BCUT2D eigenvalue weighted by molar-refractivity contribution is 0.0716. The van der Waals surface area contributed by atoms with E-state index in [-0.39, 0.29) is 52.4 Å². The number of carbonyl (C=O) groups is 1. The molecule has 0 saturated carbocycles. The van der Waals surface area contributed by atoms with Gasteiger partial charge in [-0.3, -0.25) is 9.59 Å². The predicted molar refractivity (Wildman–Crippen MR) is 119 cm³/mol. The average molecular weight is 509 g/mol. The molecular formula is C22H19BrClNO6. The molecule has 0 aliphatic carbocycles. The second-order valence-corrected chi connectivity index (χ2v) is 8.56. The number of aromatic hydroxyl groups is 1. The number of rotatable bonds is 5. The topological polar surface area (TPSA) is 100 Å². The van der Waals surface area contributed by atoms with Crippen molar-refractivity contribution < 1.29 is 24.2 Å². The molecule has 0 bridgehead atoms. The van der Waals surface area contributed by atoms with Gasteiger partial charge in [0.2, 0.25) is 5.76 Å². The normalized spacial score (nSPS) is 15.6. The van der Waals surface area contributed by atoms with E-state index in [0.29, 0.717) is 21.5 Å². The van der Waals surface area contributed by atoms with Crippen LogP contribution in [0.5, 0.6) is 11.5 Å². The van der Waals surface area contributed by atoms with Crippen LogP contribution in [-0.2, 0) is 0 Å². The van der Waals surface area contributed by atoms with Crippen molar-refractivity contribution in [2.24, 2.45) is 0 Å². The van der Waals surface area contributed by atoms with E-state index in [1.165, 1.54) is 12.0 Å². The van der Waals surface area contributed by atoms with E-state index in [0.717, 1.165) is 5.56 Å². The molecule has 1 aliphatic rings. The highest BCUT2D eigenvalue weighted by atomic mass is 79.9. The van der Waals surface area contributed by atoms with Gasteiger partial charge in [0.05, 0.1) is 28.6 Å². The number of amides is 1. The Hall–Kier alpha value is -2.55. The minimum absolute atomic E-state index is 0.0367. The number of aliphatic hydroxyl groups excluding tert-OH is 1. The van der Waals surface area contributed by atoms with Gasteiger partial charge in [0, 0.05) is 18.2 Å². The van der Waals surface area contributed by atoms with Gasteiger partial charge in [0.25, 0.3) is 5.91 Å². The Morgan fingerprint density at radius 3 is 2.68 bits per heavy atom. The Labute approximate surface area is 190 Å². The molecule has 0 radical (unpaired) electrons. The molecule has 3 aromatic rings. The molecule has 7 nitrogen and oxygen atoms in total. The molecule has 4 rings (SSSR count). The molecule has 0 saturated heterocycles. The summed E-state index contributed by atoms with van der Waals surface area (Å²) in [5.74, 6) is -0.379. The number of phenolic OH excluding ortho intramolecular Hbond substituents is 1. The largest absolute Gasteiger partial charge is 0.503 e. The third kappa shape index (κ3) is 3.48. The number of phenols is 1.